The maximum absolute atomic E-state index is 12.5. The van der Waals surface area contributed by atoms with Gasteiger partial charge in [-0.15, -0.1) is 0 Å². The van der Waals surface area contributed by atoms with Crippen molar-refractivity contribution in [2.24, 2.45) is 7.05 Å². The van der Waals surface area contributed by atoms with Crippen molar-refractivity contribution in [3.8, 4) is 0 Å². The Labute approximate surface area is 106 Å². The van der Waals surface area contributed by atoms with Gasteiger partial charge in [-0.1, -0.05) is 0 Å². The smallest absolute Gasteiger partial charge is 0.248 e. The molecule has 0 aromatic carbocycles. The second kappa shape index (κ2) is 3.94. The minimum absolute atomic E-state index is 0.0245. The molecule has 8 heteroatoms. The van der Waals surface area contributed by atoms with Gasteiger partial charge in [0.2, 0.25) is 10.0 Å². The Hall–Kier alpha value is -1.12. The van der Waals surface area contributed by atoms with E-state index >= 15 is 0 Å². The molecule has 2 fully saturated rings. The summed E-state index contributed by atoms with van der Waals surface area (Å²) >= 11 is 0. The van der Waals surface area contributed by atoms with Gasteiger partial charge in [-0.25, -0.2) is 8.42 Å². The van der Waals surface area contributed by atoms with Gasteiger partial charge in [-0.3, -0.25) is 4.68 Å². The third-order valence-corrected chi connectivity index (χ3v) is 5.30. The molecule has 2 bridgehead atoms. The summed E-state index contributed by atoms with van der Waals surface area (Å²) in [6.45, 7) is 0.820. The van der Waals surface area contributed by atoms with Crippen LogP contribution in [0.1, 0.15) is 12.8 Å². The Morgan fingerprint density at radius 1 is 1.39 bits per heavy atom. The standard InChI is InChI=1S/C10H16N4O3S/c1-13-6-9(10(11)12-13)18(15,16)14-4-7-2-3-8(5-14)17-7/h6-8H,2-5H2,1H3,(H2,11,12). The number of aryl methyl sites for hydroxylation is 1. The van der Waals surface area contributed by atoms with E-state index in [4.69, 9.17) is 10.5 Å². The van der Waals surface area contributed by atoms with Gasteiger partial charge >= 0.3 is 0 Å². The van der Waals surface area contributed by atoms with Crippen LogP contribution in [-0.4, -0.2) is 47.8 Å². The fourth-order valence-corrected chi connectivity index (χ4v) is 4.19. The molecule has 2 N–H and O–H groups in total. The van der Waals surface area contributed by atoms with E-state index in [-0.39, 0.29) is 22.9 Å². The first-order chi connectivity index (χ1) is 8.46. The van der Waals surface area contributed by atoms with E-state index in [1.165, 1.54) is 15.2 Å². The first-order valence-corrected chi connectivity index (χ1v) is 7.35. The summed E-state index contributed by atoms with van der Waals surface area (Å²) in [5.41, 5.74) is 5.65. The zero-order chi connectivity index (χ0) is 12.9. The summed E-state index contributed by atoms with van der Waals surface area (Å²) in [6.07, 6.45) is 3.35. The summed E-state index contributed by atoms with van der Waals surface area (Å²) < 4.78 is 33.5. The number of hydrogen-bond acceptors (Lipinski definition) is 5. The Bertz CT molecular complexity index is 556. The van der Waals surface area contributed by atoms with Crippen LogP contribution in [0.3, 0.4) is 0 Å². The molecule has 7 nitrogen and oxygen atoms in total. The lowest BCUT2D eigenvalue weighted by atomic mass is 10.2. The van der Waals surface area contributed by atoms with E-state index in [9.17, 15) is 8.42 Å². The highest BCUT2D eigenvalue weighted by molar-refractivity contribution is 7.89. The molecule has 3 rings (SSSR count). The van der Waals surface area contributed by atoms with Gasteiger partial charge in [0, 0.05) is 26.3 Å². The van der Waals surface area contributed by atoms with Crippen LogP contribution in [0, 0.1) is 0 Å². The van der Waals surface area contributed by atoms with Crippen molar-refractivity contribution < 1.29 is 13.2 Å². The third-order valence-electron chi connectivity index (χ3n) is 3.45. The first kappa shape index (κ1) is 11.9. The van der Waals surface area contributed by atoms with Crippen molar-refractivity contribution in [2.45, 2.75) is 29.9 Å². The molecule has 1 aromatic rings. The highest BCUT2D eigenvalue weighted by Crippen LogP contribution is 2.30. The molecule has 18 heavy (non-hydrogen) atoms. The molecule has 0 aliphatic carbocycles. The number of morpholine rings is 1. The van der Waals surface area contributed by atoms with Crippen molar-refractivity contribution in [1.82, 2.24) is 14.1 Å². The topological polar surface area (TPSA) is 90.5 Å². The van der Waals surface area contributed by atoms with E-state index in [2.05, 4.69) is 5.10 Å². The minimum Gasteiger partial charge on any atom is -0.381 e. The molecule has 0 amide bonds. The van der Waals surface area contributed by atoms with E-state index in [0.29, 0.717) is 13.1 Å². The Kier molecular flexibility index (Phi) is 2.61. The Morgan fingerprint density at radius 3 is 2.50 bits per heavy atom. The molecule has 2 atom stereocenters. The fraction of sp³-hybridized carbons (Fsp3) is 0.700. The highest BCUT2D eigenvalue weighted by Gasteiger charge is 2.40. The second-order valence-electron chi connectivity index (χ2n) is 4.83. The van der Waals surface area contributed by atoms with Crippen molar-refractivity contribution in [2.75, 3.05) is 18.8 Å². The number of ether oxygens (including phenoxy) is 1. The van der Waals surface area contributed by atoms with Gasteiger partial charge in [-0.2, -0.15) is 9.40 Å². The normalized spacial score (nSPS) is 28.7. The van der Waals surface area contributed by atoms with Gasteiger partial charge in [0.1, 0.15) is 4.90 Å². The minimum atomic E-state index is -3.55. The van der Waals surface area contributed by atoms with Gasteiger partial charge in [0.05, 0.1) is 12.2 Å². The summed E-state index contributed by atoms with van der Waals surface area (Å²) in [5, 5.41) is 3.88. The average molecular weight is 272 g/mol. The number of hydrogen-bond donors (Lipinski definition) is 1. The number of rotatable bonds is 2. The number of nitrogens with two attached hydrogens (primary N) is 1. The molecule has 1 aromatic heterocycles. The summed E-state index contributed by atoms with van der Waals surface area (Å²) in [7, 11) is -1.90. The average Bonchev–Trinajstić information content (AvgIpc) is 2.81. The number of aromatic nitrogens is 2. The Morgan fingerprint density at radius 2 is 2.00 bits per heavy atom. The van der Waals surface area contributed by atoms with Crippen molar-refractivity contribution >= 4 is 15.8 Å². The largest absolute Gasteiger partial charge is 0.381 e. The highest BCUT2D eigenvalue weighted by atomic mass is 32.2. The molecular formula is C10H16N4O3S. The molecule has 2 unspecified atom stereocenters. The Balaban J connectivity index is 1.93. The summed E-state index contributed by atoms with van der Waals surface area (Å²) in [4.78, 5) is 0.0892. The fourth-order valence-electron chi connectivity index (χ4n) is 2.60. The van der Waals surface area contributed by atoms with E-state index in [1.54, 1.807) is 7.05 Å². The van der Waals surface area contributed by atoms with Crippen LogP contribution in [0.15, 0.2) is 11.1 Å². The maximum Gasteiger partial charge on any atom is 0.248 e. The zero-order valence-electron chi connectivity index (χ0n) is 10.1. The SMILES string of the molecule is Cn1cc(S(=O)(=O)N2CC3CCC(C2)O3)c(N)n1. The molecular weight excluding hydrogens is 256 g/mol. The molecule has 2 saturated heterocycles. The van der Waals surface area contributed by atoms with Gasteiger partial charge in [-0.05, 0) is 12.8 Å². The number of fused-ring (bicyclic) bond motifs is 2. The summed E-state index contributed by atoms with van der Waals surface area (Å²) in [6, 6.07) is 0. The van der Waals surface area contributed by atoms with E-state index in [1.807, 2.05) is 0 Å². The van der Waals surface area contributed by atoms with Crippen LogP contribution in [-0.2, 0) is 21.8 Å². The number of sulfonamides is 1. The monoisotopic (exact) mass is 272 g/mol. The van der Waals surface area contributed by atoms with Crippen LogP contribution in [0.25, 0.3) is 0 Å². The molecule has 3 heterocycles. The van der Waals surface area contributed by atoms with Crippen molar-refractivity contribution in [3.05, 3.63) is 6.20 Å². The number of nitrogen functional groups attached to an aromatic ring is 1. The van der Waals surface area contributed by atoms with Gasteiger partial charge in [0.15, 0.2) is 5.82 Å². The van der Waals surface area contributed by atoms with Crippen LogP contribution in [0.5, 0.6) is 0 Å². The third kappa shape index (κ3) is 1.80. The molecule has 2 aliphatic heterocycles. The van der Waals surface area contributed by atoms with Crippen LogP contribution < -0.4 is 5.73 Å². The quantitative estimate of drug-likeness (QED) is 0.787. The number of nitrogens with zero attached hydrogens (tertiary/aromatic N) is 3. The molecule has 100 valence electrons. The number of anilines is 1. The van der Waals surface area contributed by atoms with Crippen LogP contribution >= 0.6 is 0 Å². The lowest BCUT2D eigenvalue weighted by Crippen LogP contribution is -2.45. The predicted octanol–water partition coefficient (Wildman–Crippen LogP) is -0.446. The van der Waals surface area contributed by atoms with E-state index < -0.39 is 10.0 Å². The van der Waals surface area contributed by atoms with Crippen molar-refractivity contribution in [3.63, 3.8) is 0 Å². The maximum atomic E-state index is 12.5. The van der Waals surface area contributed by atoms with Crippen LogP contribution in [0.2, 0.25) is 0 Å². The van der Waals surface area contributed by atoms with Crippen molar-refractivity contribution in [1.29, 1.82) is 0 Å². The van der Waals surface area contributed by atoms with Crippen LogP contribution in [0.4, 0.5) is 5.82 Å². The van der Waals surface area contributed by atoms with Gasteiger partial charge < -0.3 is 10.5 Å². The van der Waals surface area contributed by atoms with Gasteiger partial charge in [0.25, 0.3) is 0 Å². The molecule has 2 aliphatic rings. The molecule has 0 radical (unpaired) electrons. The molecule has 0 spiro atoms. The predicted molar refractivity (Wildman–Crippen MR) is 64.3 cm³/mol. The zero-order valence-corrected chi connectivity index (χ0v) is 10.9. The second-order valence-corrected chi connectivity index (χ2v) is 6.74. The van der Waals surface area contributed by atoms with E-state index in [0.717, 1.165) is 12.8 Å². The lowest BCUT2D eigenvalue weighted by molar-refractivity contribution is -0.0114. The lowest BCUT2D eigenvalue weighted by Gasteiger charge is -2.30. The summed E-state index contributed by atoms with van der Waals surface area (Å²) in [5.74, 6) is 0.0522. The first-order valence-electron chi connectivity index (χ1n) is 5.91. The molecule has 0 saturated carbocycles.